The summed E-state index contributed by atoms with van der Waals surface area (Å²) in [4.78, 5) is 23.8. The van der Waals surface area contributed by atoms with Gasteiger partial charge in [0.1, 0.15) is 35.0 Å². The molecule has 0 saturated carbocycles. The molecule has 0 amide bonds. The molecule has 11 heteroatoms. The van der Waals surface area contributed by atoms with Crippen LogP contribution in [0.2, 0.25) is 0 Å². The molecule has 32 heavy (non-hydrogen) atoms. The van der Waals surface area contributed by atoms with Crippen molar-refractivity contribution >= 4 is 16.9 Å². The number of aliphatic carboxylic acids is 1. The molecule has 0 bridgehead atoms. The van der Waals surface area contributed by atoms with Crippen molar-refractivity contribution in [3.63, 3.8) is 0 Å². The molecule has 2 heterocycles. The monoisotopic (exact) mass is 446 g/mol. The van der Waals surface area contributed by atoms with Crippen LogP contribution in [0.15, 0.2) is 51.7 Å². The summed E-state index contributed by atoms with van der Waals surface area (Å²) in [7, 11) is 0. The molecule has 4 rings (SSSR count). The van der Waals surface area contributed by atoms with Crippen molar-refractivity contribution in [2.45, 2.75) is 30.7 Å². The van der Waals surface area contributed by atoms with Gasteiger partial charge in [-0.15, -0.1) is 0 Å². The standard InChI is InChI=1S/C21H18O11/c22-9-6-10(8-4-2-1-3-5-8)30-11-7-12(14(23)15(24)13(9)11)31-21-18(27)16(25)17(26)19(32-21)20(28)29/h1-7,16-19,21,23-27H,(H,28,29)/t16-,17+,18-,19-,21+/m1/s1. The molecule has 0 aliphatic carbocycles. The highest BCUT2D eigenvalue weighted by molar-refractivity contribution is 5.89. The number of benzene rings is 2. The third-order valence-corrected chi connectivity index (χ3v) is 5.05. The third kappa shape index (κ3) is 3.63. The minimum Gasteiger partial charge on any atom is -0.504 e. The Morgan fingerprint density at radius 1 is 0.938 bits per heavy atom. The summed E-state index contributed by atoms with van der Waals surface area (Å²) in [5.74, 6) is -3.76. The molecule has 1 aliphatic rings. The molecule has 0 spiro atoms. The quantitative estimate of drug-likeness (QED) is 0.299. The van der Waals surface area contributed by atoms with E-state index in [1.165, 1.54) is 0 Å². The maximum Gasteiger partial charge on any atom is 0.335 e. The van der Waals surface area contributed by atoms with Gasteiger partial charge >= 0.3 is 5.97 Å². The van der Waals surface area contributed by atoms with E-state index in [4.69, 9.17) is 19.0 Å². The molecule has 168 valence electrons. The second-order valence-electron chi connectivity index (χ2n) is 7.14. The maximum absolute atomic E-state index is 12.5. The number of fused-ring (bicyclic) bond motifs is 1. The van der Waals surface area contributed by atoms with Crippen molar-refractivity contribution in [1.29, 1.82) is 0 Å². The molecule has 6 N–H and O–H groups in total. The van der Waals surface area contributed by atoms with Crippen molar-refractivity contribution in [1.82, 2.24) is 0 Å². The van der Waals surface area contributed by atoms with Crippen molar-refractivity contribution in [3.8, 4) is 28.6 Å². The number of rotatable bonds is 4. The van der Waals surface area contributed by atoms with Gasteiger partial charge in [0, 0.05) is 17.7 Å². The molecule has 0 radical (unpaired) electrons. The number of phenols is 2. The maximum atomic E-state index is 12.5. The van der Waals surface area contributed by atoms with Gasteiger partial charge in [-0.2, -0.15) is 0 Å². The van der Waals surface area contributed by atoms with E-state index < -0.39 is 59.4 Å². The summed E-state index contributed by atoms with van der Waals surface area (Å²) in [6.45, 7) is 0. The van der Waals surface area contributed by atoms with Crippen LogP contribution in [-0.4, -0.2) is 67.3 Å². The fourth-order valence-corrected chi connectivity index (χ4v) is 3.38. The topological polar surface area (TPSA) is 187 Å². The van der Waals surface area contributed by atoms with Crippen molar-refractivity contribution in [2.24, 2.45) is 0 Å². The molecule has 1 fully saturated rings. The van der Waals surface area contributed by atoms with Gasteiger partial charge in [0.2, 0.25) is 12.0 Å². The second-order valence-corrected chi connectivity index (χ2v) is 7.14. The SMILES string of the molecule is O=C(O)[C@@H]1O[C@H](Oc2cc3oc(-c4ccccc4)cc(=O)c3c(O)c2O)[C@H](O)[C@H](O)[C@@H]1O. The number of carboxylic acid groups (broad SMARTS) is 1. The highest BCUT2D eigenvalue weighted by Crippen LogP contribution is 2.42. The molecule has 1 aromatic heterocycles. The van der Waals surface area contributed by atoms with Crippen molar-refractivity contribution in [3.05, 3.63) is 52.7 Å². The Morgan fingerprint density at radius 3 is 2.28 bits per heavy atom. The third-order valence-electron chi connectivity index (χ3n) is 5.05. The Kier molecular flexibility index (Phi) is 5.48. The lowest BCUT2D eigenvalue weighted by atomic mass is 9.99. The van der Waals surface area contributed by atoms with Crippen LogP contribution in [0, 0.1) is 0 Å². The van der Waals surface area contributed by atoms with E-state index in [1.807, 2.05) is 0 Å². The number of phenolic OH excluding ortho intramolecular Hbond substituents is 2. The van der Waals surface area contributed by atoms with Crippen LogP contribution in [-0.2, 0) is 9.53 Å². The highest BCUT2D eigenvalue weighted by Gasteiger charge is 2.48. The zero-order chi connectivity index (χ0) is 23.2. The van der Waals surface area contributed by atoms with Gasteiger partial charge in [0.15, 0.2) is 23.0 Å². The van der Waals surface area contributed by atoms with Gasteiger partial charge in [-0.3, -0.25) is 4.79 Å². The average Bonchev–Trinajstić information content (AvgIpc) is 2.77. The molecule has 3 aromatic rings. The number of aliphatic hydroxyl groups excluding tert-OH is 3. The van der Waals surface area contributed by atoms with Crippen LogP contribution >= 0.6 is 0 Å². The number of carbonyl (C=O) groups is 1. The van der Waals surface area contributed by atoms with E-state index in [0.717, 1.165) is 12.1 Å². The van der Waals surface area contributed by atoms with E-state index in [1.54, 1.807) is 30.3 Å². The second kappa shape index (κ2) is 8.13. The number of aromatic hydroxyl groups is 2. The molecule has 1 saturated heterocycles. The first-order valence-corrected chi connectivity index (χ1v) is 9.36. The minimum absolute atomic E-state index is 0.164. The summed E-state index contributed by atoms with van der Waals surface area (Å²) in [5, 5.41) is 59.2. The Morgan fingerprint density at radius 2 is 1.62 bits per heavy atom. The fourth-order valence-electron chi connectivity index (χ4n) is 3.38. The average molecular weight is 446 g/mol. The lowest BCUT2D eigenvalue weighted by Crippen LogP contribution is -2.61. The zero-order valence-electron chi connectivity index (χ0n) is 16.2. The normalized spacial score (nSPS) is 25.5. The number of hydrogen-bond acceptors (Lipinski definition) is 10. The van der Waals surface area contributed by atoms with Crippen LogP contribution in [0.1, 0.15) is 0 Å². The smallest absolute Gasteiger partial charge is 0.335 e. The van der Waals surface area contributed by atoms with Crippen LogP contribution in [0.5, 0.6) is 17.2 Å². The van der Waals surface area contributed by atoms with Crippen molar-refractivity contribution < 1.29 is 49.3 Å². The van der Waals surface area contributed by atoms with Gasteiger partial charge in [-0.1, -0.05) is 30.3 Å². The first-order valence-electron chi connectivity index (χ1n) is 9.36. The van der Waals surface area contributed by atoms with E-state index in [9.17, 15) is 35.1 Å². The zero-order valence-corrected chi connectivity index (χ0v) is 16.2. The molecular weight excluding hydrogens is 428 g/mol. The summed E-state index contributed by atoms with van der Waals surface area (Å²) in [6.07, 6.45) is -9.56. The molecule has 0 unspecified atom stereocenters. The number of ether oxygens (including phenoxy) is 2. The Hall–Kier alpha value is -3.64. The number of aliphatic hydroxyl groups is 3. The highest BCUT2D eigenvalue weighted by atomic mass is 16.7. The molecular formula is C21H18O11. The van der Waals surface area contributed by atoms with E-state index in [2.05, 4.69) is 0 Å². The number of hydrogen-bond donors (Lipinski definition) is 6. The first-order chi connectivity index (χ1) is 15.2. The van der Waals surface area contributed by atoms with Crippen molar-refractivity contribution in [2.75, 3.05) is 0 Å². The predicted molar refractivity (Wildman–Crippen MR) is 106 cm³/mol. The van der Waals surface area contributed by atoms with Gasteiger partial charge in [0.25, 0.3) is 0 Å². The summed E-state index contributed by atoms with van der Waals surface area (Å²) < 4.78 is 16.0. The summed E-state index contributed by atoms with van der Waals surface area (Å²) in [5.41, 5.74) is -0.265. The van der Waals surface area contributed by atoms with E-state index in [-0.39, 0.29) is 16.7 Å². The molecule has 5 atom stereocenters. The Bertz CT molecular complexity index is 1220. The van der Waals surface area contributed by atoms with E-state index >= 15 is 0 Å². The van der Waals surface area contributed by atoms with Gasteiger partial charge in [0.05, 0.1) is 0 Å². The molecule has 2 aromatic carbocycles. The summed E-state index contributed by atoms with van der Waals surface area (Å²) >= 11 is 0. The molecule has 1 aliphatic heterocycles. The van der Waals surface area contributed by atoms with E-state index in [0.29, 0.717) is 5.56 Å². The van der Waals surface area contributed by atoms with Crippen LogP contribution in [0.3, 0.4) is 0 Å². The minimum atomic E-state index is -1.94. The number of carboxylic acids is 1. The first kappa shape index (κ1) is 21.6. The summed E-state index contributed by atoms with van der Waals surface area (Å²) in [6, 6.07) is 10.8. The Labute approximate surface area is 178 Å². The van der Waals surface area contributed by atoms with Gasteiger partial charge < -0.3 is 44.5 Å². The van der Waals surface area contributed by atoms with Gasteiger partial charge in [-0.25, -0.2) is 4.79 Å². The predicted octanol–water partition coefficient (Wildman–Crippen LogP) is 0.142. The van der Waals surface area contributed by atoms with Crippen LogP contribution in [0.4, 0.5) is 0 Å². The van der Waals surface area contributed by atoms with Crippen LogP contribution < -0.4 is 10.2 Å². The molecule has 11 nitrogen and oxygen atoms in total. The lowest BCUT2D eigenvalue weighted by molar-refractivity contribution is -0.271. The Balaban J connectivity index is 1.77. The van der Waals surface area contributed by atoms with Crippen LogP contribution in [0.25, 0.3) is 22.3 Å². The largest absolute Gasteiger partial charge is 0.504 e. The van der Waals surface area contributed by atoms with Gasteiger partial charge in [-0.05, 0) is 0 Å². The fraction of sp³-hybridized carbons (Fsp3) is 0.238. The lowest BCUT2D eigenvalue weighted by Gasteiger charge is -2.38.